The van der Waals surface area contributed by atoms with E-state index in [2.05, 4.69) is 51.5 Å². The lowest BCUT2D eigenvalue weighted by molar-refractivity contribution is -0.128. The predicted octanol–water partition coefficient (Wildman–Crippen LogP) is 6.72. The van der Waals surface area contributed by atoms with Crippen molar-refractivity contribution in [2.24, 2.45) is 0 Å². The van der Waals surface area contributed by atoms with Crippen molar-refractivity contribution in [2.45, 2.75) is 32.4 Å². The van der Waals surface area contributed by atoms with Gasteiger partial charge in [0.05, 0.1) is 24.6 Å². The average molecular weight is 618 g/mol. The highest BCUT2D eigenvalue weighted by Crippen LogP contribution is 2.35. The van der Waals surface area contributed by atoms with Crippen LogP contribution in [0.2, 0.25) is 0 Å². The molecule has 0 bridgehead atoms. The van der Waals surface area contributed by atoms with E-state index >= 15 is 0 Å². The highest BCUT2D eigenvalue weighted by molar-refractivity contribution is 7.14. The van der Waals surface area contributed by atoms with E-state index in [0.29, 0.717) is 31.0 Å². The zero-order valence-electron chi connectivity index (χ0n) is 25.3. The SMILES string of the molecule is Cc1nnc(-c2ccc(Oc3cc(-c4cccc(CN5CCOCC5)n4)ccc3CN3C[C@H](c4ccccc4)CC3=O)cc2)s1. The fourth-order valence-corrected chi connectivity index (χ4v) is 6.64. The van der Waals surface area contributed by atoms with Gasteiger partial charge < -0.3 is 14.4 Å². The smallest absolute Gasteiger partial charge is 0.223 e. The Hall–Kier alpha value is -4.44. The quantitative estimate of drug-likeness (QED) is 0.182. The number of aromatic nitrogens is 3. The van der Waals surface area contributed by atoms with Crippen LogP contribution in [-0.4, -0.2) is 63.7 Å². The average Bonchev–Trinajstić information content (AvgIpc) is 3.68. The van der Waals surface area contributed by atoms with Crippen molar-refractivity contribution in [3.05, 3.63) is 113 Å². The summed E-state index contributed by atoms with van der Waals surface area (Å²) in [6, 6.07) is 30.6. The Morgan fingerprint density at radius 3 is 2.47 bits per heavy atom. The Morgan fingerprint density at radius 2 is 1.69 bits per heavy atom. The summed E-state index contributed by atoms with van der Waals surface area (Å²) in [5, 5.41) is 10.2. The third-order valence-electron chi connectivity index (χ3n) is 8.36. The maximum absolute atomic E-state index is 13.1. The molecule has 0 radical (unpaired) electrons. The molecule has 1 amide bonds. The summed E-state index contributed by atoms with van der Waals surface area (Å²) < 4.78 is 12.1. The van der Waals surface area contributed by atoms with Gasteiger partial charge in [0.25, 0.3) is 0 Å². The zero-order valence-corrected chi connectivity index (χ0v) is 26.1. The molecule has 5 aromatic rings. The number of amides is 1. The standard InChI is InChI=1S/C36H35N5O3S/c1-25-38-39-36(45-25)27-12-14-32(15-13-27)44-34-20-28(33-9-5-8-31(37-33)24-40-16-18-43-19-17-40)10-11-29(34)22-41-23-30(21-35(41)42)26-6-3-2-4-7-26/h2-15,20,30H,16-19,21-24H2,1H3/t30-/m1/s1. The van der Waals surface area contributed by atoms with Crippen LogP contribution in [-0.2, 0) is 22.6 Å². The van der Waals surface area contributed by atoms with Crippen LogP contribution in [0.3, 0.4) is 0 Å². The molecule has 3 aromatic carbocycles. The van der Waals surface area contributed by atoms with E-state index in [9.17, 15) is 4.79 Å². The number of hydrogen-bond donors (Lipinski definition) is 0. The lowest BCUT2D eigenvalue weighted by Crippen LogP contribution is -2.35. The van der Waals surface area contributed by atoms with Crippen LogP contribution in [0.5, 0.6) is 11.5 Å². The molecule has 0 N–H and O–H groups in total. The first-order chi connectivity index (χ1) is 22.1. The van der Waals surface area contributed by atoms with Crippen molar-refractivity contribution in [3.63, 3.8) is 0 Å². The van der Waals surface area contributed by atoms with Crippen molar-refractivity contribution >= 4 is 17.2 Å². The monoisotopic (exact) mass is 617 g/mol. The summed E-state index contributed by atoms with van der Waals surface area (Å²) in [5.74, 6) is 1.77. The minimum Gasteiger partial charge on any atom is -0.457 e. The number of carbonyl (C=O) groups excluding carboxylic acids is 1. The maximum Gasteiger partial charge on any atom is 0.223 e. The molecule has 2 saturated heterocycles. The molecule has 4 heterocycles. The van der Waals surface area contributed by atoms with E-state index in [0.717, 1.165) is 70.9 Å². The Morgan fingerprint density at radius 1 is 0.889 bits per heavy atom. The number of benzene rings is 3. The minimum absolute atomic E-state index is 0.160. The van der Waals surface area contributed by atoms with Gasteiger partial charge in [-0.15, -0.1) is 10.2 Å². The highest BCUT2D eigenvalue weighted by Gasteiger charge is 2.31. The number of carbonyl (C=O) groups is 1. The number of ether oxygens (including phenoxy) is 2. The van der Waals surface area contributed by atoms with Gasteiger partial charge in [-0.1, -0.05) is 59.9 Å². The number of likely N-dealkylation sites (tertiary alicyclic amines) is 1. The van der Waals surface area contributed by atoms with Crippen molar-refractivity contribution in [1.82, 2.24) is 25.0 Å². The molecule has 2 aromatic heterocycles. The molecule has 228 valence electrons. The van der Waals surface area contributed by atoms with E-state index in [1.54, 1.807) is 11.3 Å². The second kappa shape index (κ2) is 13.3. The molecule has 7 rings (SSSR count). The summed E-state index contributed by atoms with van der Waals surface area (Å²) in [5.41, 5.74) is 6.04. The van der Waals surface area contributed by atoms with E-state index in [1.165, 1.54) is 5.56 Å². The van der Waals surface area contributed by atoms with Crippen LogP contribution >= 0.6 is 11.3 Å². The molecule has 8 nitrogen and oxygen atoms in total. The van der Waals surface area contributed by atoms with Gasteiger partial charge in [0.2, 0.25) is 5.91 Å². The van der Waals surface area contributed by atoms with Crippen molar-refractivity contribution in [2.75, 3.05) is 32.8 Å². The molecule has 2 fully saturated rings. The third-order valence-corrected chi connectivity index (χ3v) is 9.25. The van der Waals surface area contributed by atoms with E-state index < -0.39 is 0 Å². The number of morpholine rings is 1. The van der Waals surface area contributed by atoms with E-state index in [-0.39, 0.29) is 11.8 Å². The van der Waals surface area contributed by atoms with Gasteiger partial charge in [0.1, 0.15) is 21.5 Å². The number of hydrogen-bond acceptors (Lipinski definition) is 8. The largest absolute Gasteiger partial charge is 0.457 e. The summed E-state index contributed by atoms with van der Waals surface area (Å²) in [6.45, 7) is 7.25. The normalized spacial score (nSPS) is 17.1. The molecule has 2 aliphatic rings. The fraction of sp³-hybridized carbons (Fsp3) is 0.278. The number of pyridine rings is 1. The van der Waals surface area contributed by atoms with Gasteiger partial charge in [-0.2, -0.15) is 0 Å². The van der Waals surface area contributed by atoms with Gasteiger partial charge >= 0.3 is 0 Å². The van der Waals surface area contributed by atoms with Crippen LogP contribution < -0.4 is 4.74 Å². The fourth-order valence-electron chi connectivity index (χ4n) is 5.94. The summed E-state index contributed by atoms with van der Waals surface area (Å²) >= 11 is 1.56. The number of rotatable bonds is 9. The van der Waals surface area contributed by atoms with Crippen LogP contribution in [0.25, 0.3) is 21.8 Å². The van der Waals surface area contributed by atoms with Gasteiger partial charge in [0.15, 0.2) is 0 Å². The van der Waals surface area contributed by atoms with Gasteiger partial charge in [0, 0.05) is 61.8 Å². The minimum atomic E-state index is 0.160. The van der Waals surface area contributed by atoms with E-state index in [4.69, 9.17) is 14.5 Å². The molecule has 1 atom stereocenters. The summed E-state index contributed by atoms with van der Waals surface area (Å²) in [7, 11) is 0. The first kappa shape index (κ1) is 29.3. The second-order valence-electron chi connectivity index (χ2n) is 11.6. The van der Waals surface area contributed by atoms with Crippen LogP contribution in [0, 0.1) is 6.92 Å². The first-order valence-electron chi connectivity index (χ1n) is 15.4. The maximum atomic E-state index is 13.1. The van der Waals surface area contributed by atoms with Gasteiger partial charge in [-0.3, -0.25) is 14.7 Å². The van der Waals surface area contributed by atoms with Crippen molar-refractivity contribution < 1.29 is 14.3 Å². The Bertz CT molecular complexity index is 1770. The van der Waals surface area contributed by atoms with Crippen molar-refractivity contribution in [1.29, 1.82) is 0 Å². The predicted molar refractivity (Wildman–Crippen MR) is 175 cm³/mol. The lowest BCUT2D eigenvalue weighted by Gasteiger charge is -2.26. The van der Waals surface area contributed by atoms with Crippen LogP contribution in [0.4, 0.5) is 0 Å². The highest BCUT2D eigenvalue weighted by atomic mass is 32.1. The molecule has 2 aliphatic heterocycles. The second-order valence-corrected chi connectivity index (χ2v) is 12.7. The Balaban J connectivity index is 1.16. The molecular formula is C36H35N5O3S. The molecule has 0 unspecified atom stereocenters. The molecule has 45 heavy (non-hydrogen) atoms. The summed E-state index contributed by atoms with van der Waals surface area (Å²) in [6.07, 6.45) is 0.519. The molecule has 0 aliphatic carbocycles. The Labute approximate surface area is 267 Å². The topological polar surface area (TPSA) is 80.7 Å². The third kappa shape index (κ3) is 6.96. The lowest BCUT2D eigenvalue weighted by atomic mass is 9.98. The molecule has 9 heteroatoms. The van der Waals surface area contributed by atoms with Crippen LogP contribution in [0.15, 0.2) is 91.0 Å². The molecule has 0 spiro atoms. The number of aryl methyl sites for hydroxylation is 1. The van der Waals surface area contributed by atoms with Crippen LogP contribution in [0.1, 0.15) is 34.2 Å². The van der Waals surface area contributed by atoms with Gasteiger partial charge in [-0.25, -0.2) is 0 Å². The number of nitrogens with zero attached hydrogens (tertiary/aromatic N) is 5. The first-order valence-corrected chi connectivity index (χ1v) is 16.2. The molecular weight excluding hydrogens is 582 g/mol. The summed E-state index contributed by atoms with van der Waals surface area (Å²) in [4.78, 5) is 22.5. The zero-order chi connectivity index (χ0) is 30.6. The van der Waals surface area contributed by atoms with Gasteiger partial charge in [-0.05, 0) is 55.0 Å². The molecule has 0 saturated carbocycles. The van der Waals surface area contributed by atoms with E-state index in [1.807, 2.05) is 66.4 Å². The van der Waals surface area contributed by atoms with Crippen molar-refractivity contribution in [3.8, 4) is 33.3 Å². The Kier molecular flexibility index (Phi) is 8.64.